The van der Waals surface area contributed by atoms with Gasteiger partial charge in [0, 0.05) is 32.4 Å². The normalized spacial score (nSPS) is 16.6. The maximum absolute atomic E-state index is 5.66. The molecular weight excluding hydrogens is 471 g/mol. The Morgan fingerprint density at radius 3 is 2.89 bits per heavy atom. The van der Waals surface area contributed by atoms with Crippen molar-refractivity contribution in [1.29, 1.82) is 0 Å². The van der Waals surface area contributed by atoms with Crippen molar-refractivity contribution in [1.82, 2.24) is 15.6 Å². The monoisotopic (exact) mass is 500 g/mol. The van der Waals surface area contributed by atoms with Crippen LogP contribution in [0.1, 0.15) is 25.0 Å². The van der Waals surface area contributed by atoms with E-state index in [4.69, 9.17) is 13.9 Å². The van der Waals surface area contributed by atoms with Gasteiger partial charge >= 0.3 is 0 Å². The van der Waals surface area contributed by atoms with Crippen LogP contribution < -0.4 is 10.6 Å². The Morgan fingerprint density at radius 1 is 1.29 bits per heavy atom. The summed E-state index contributed by atoms with van der Waals surface area (Å²) in [5.41, 5.74) is 1.80. The Bertz CT molecular complexity index is 702. The molecule has 8 heteroatoms. The van der Waals surface area contributed by atoms with Crippen molar-refractivity contribution in [2.24, 2.45) is 4.99 Å². The molecule has 1 atom stereocenters. The van der Waals surface area contributed by atoms with Crippen LogP contribution in [0.5, 0.6) is 0 Å². The number of hydrogen-bond donors (Lipinski definition) is 2. The number of benzene rings is 1. The second kappa shape index (κ2) is 12.7. The van der Waals surface area contributed by atoms with E-state index in [0.29, 0.717) is 25.6 Å². The topological polar surface area (TPSA) is 80.9 Å². The third-order valence-corrected chi connectivity index (χ3v) is 4.32. The van der Waals surface area contributed by atoms with E-state index in [1.165, 1.54) is 0 Å². The molecule has 2 aromatic rings. The number of aliphatic imine (C=N–C) groups is 1. The van der Waals surface area contributed by atoms with Gasteiger partial charge in [0.2, 0.25) is 5.89 Å². The van der Waals surface area contributed by atoms with Crippen LogP contribution in [0.4, 0.5) is 0 Å². The summed E-state index contributed by atoms with van der Waals surface area (Å²) in [4.78, 5) is 8.73. The fourth-order valence-electron chi connectivity index (χ4n) is 2.87. The van der Waals surface area contributed by atoms with Crippen molar-refractivity contribution in [3.63, 3.8) is 0 Å². The minimum atomic E-state index is 0. The molecule has 7 nitrogen and oxygen atoms in total. The fraction of sp³-hybridized carbons (Fsp3) is 0.500. The summed E-state index contributed by atoms with van der Waals surface area (Å²) in [5.74, 6) is 1.36. The lowest BCUT2D eigenvalue weighted by molar-refractivity contribution is 0.0168. The molecule has 1 aromatic carbocycles. The predicted octanol–water partition coefficient (Wildman–Crippen LogP) is 3.21. The van der Waals surface area contributed by atoms with Crippen LogP contribution in [0.2, 0.25) is 0 Å². The van der Waals surface area contributed by atoms with E-state index in [2.05, 4.69) is 20.6 Å². The molecule has 2 N–H and O–H groups in total. The van der Waals surface area contributed by atoms with Gasteiger partial charge in [0.15, 0.2) is 5.96 Å². The summed E-state index contributed by atoms with van der Waals surface area (Å²) >= 11 is 0. The molecule has 0 aliphatic carbocycles. The van der Waals surface area contributed by atoms with Crippen LogP contribution in [0, 0.1) is 0 Å². The molecule has 28 heavy (non-hydrogen) atoms. The lowest BCUT2D eigenvalue weighted by atomic mass is 10.2. The van der Waals surface area contributed by atoms with Gasteiger partial charge in [-0.15, -0.1) is 24.0 Å². The molecule has 1 aromatic heterocycles. The molecule has 1 saturated heterocycles. The zero-order valence-corrected chi connectivity index (χ0v) is 18.6. The number of rotatable bonds is 9. The maximum Gasteiger partial charge on any atom is 0.226 e. The fourth-order valence-corrected chi connectivity index (χ4v) is 2.87. The summed E-state index contributed by atoms with van der Waals surface area (Å²) in [6.07, 6.45) is 5.13. The van der Waals surface area contributed by atoms with Crippen LogP contribution in [-0.2, 0) is 16.0 Å². The number of ether oxygens (including phenoxy) is 2. The highest BCUT2D eigenvalue weighted by molar-refractivity contribution is 14.0. The van der Waals surface area contributed by atoms with Crippen LogP contribution in [-0.4, -0.2) is 50.5 Å². The molecule has 0 spiro atoms. The summed E-state index contributed by atoms with van der Waals surface area (Å²) in [5, 5.41) is 6.52. The van der Waals surface area contributed by atoms with Gasteiger partial charge < -0.3 is 24.5 Å². The van der Waals surface area contributed by atoms with E-state index in [1.54, 1.807) is 13.3 Å². The average molecular weight is 500 g/mol. The SMILES string of the molecule is CN=C(NCCCOCC1CCCO1)NCc1coc(-c2ccccc2)n1.I. The first-order valence-electron chi connectivity index (χ1n) is 9.49. The largest absolute Gasteiger partial charge is 0.444 e. The van der Waals surface area contributed by atoms with Crippen molar-refractivity contribution in [3.8, 4) is 11.5 Å². The lowest BCUT2D eigenvalue weighted by Crippen LogP contribution is -2.37. The van der Waals surface area contributed by atoms with Gasteiger partial charge in [-0.05, 0) is 31.4 Å². The molecule has 1 unspecified atom stereocenters. The molecule has 0 saturated carbocycles. The first-order chi connectivity index (χ1) is 13.3. The summed E-state index contributed by atoms with van der Waals surface area (Å²) < 4.78 is 16.7. The van der Waals surface area contributed by atoms with Gasteiger partial charge in [-0.3, -0.25) is 4.99 Å². The van der Waals surface area contributed by atoms with Crippen molar-refractivity contribution in [3.05, 3.63) is 42.3 Å². The zero-order valence-electron chi connectivity index (χ0n) is 16.2. The second-order valence-corrected chi connectivity index (χ2v) is 6.43. The number of oxazole rings is 1. The summed E-state index contributed by atoms with van der Waals surface area (Å²) in [7, 11) is 1.75. The molecule has 0 bridgehead atoms. The summed E-state index contributed by atoms with van der Waals surface area (Å²) in [6, 6.07) is 9.86. The first-order valence-corrected chi connectivity index (χ1v) is 9.49. The van der Waals surface area contributed by atoms with Crippen molar-refractivity contribution in [2.75, 3.05) is 33.4 Å². The first kappa shape index (κ1) is 22.6. The van der Waals surface area contributed by atoms with Crippen LogP contribution in [0.3, 0.4) is 0 Å². The van der Waals surface area contributed by atoms with Gasteiger partial charge in [0.1, 0.15) is 6.26 Å². The van der Waals surface area contributed by atoms with Crippen molar-refractivity contribution >= 4 is 29.9 Å². The number of guanidine groups is 1. The van der Waals surface area contributed by atoms with Crippen LogP contribution >= 0.6 is 24.0 Å². The number of aromatic nitrogens is 1. The predicted molar refractivity (Wildman–Crippen MR) is 120 cm³/mol. The second-order valence-electron chi connectivity index (χ2n) is 6.43. The molecule has 0 amide bonds. The highest BCUT2D eigenvalue weighted by atomic mass is 127. The Balaban J connectivity index is 0.00000280. The van der Waals surface area contributed by atoms with Gasteiger partial charge in [0.25, 0.3) is 0 Å². The molecule has 154 valence electrons. The molecule has 3 rings (SSSR count). The molecule has 1 aliphatic heterocycles. The smallest absolute Gasteiger partial charge is 0.226 e. The Labute approximate surface area is 183 Å². The highest BCUT2D eigenvalue weighted by Gasteiger charge is 2.14. The zero-order chi connectivity index (χ0) is 18.7. The minimum Gasteiger partial charge on any atom is -0.444 e. The Hall–Kier alpha value is -1.65. The molecule has 0 radical (unpaired) electrons. The van der Waals surface area contributed by atoms with E-state index >= 15 is 0 Å². The van der Waals surface area contributed by atoms with E-state index in [1.807, 2.05) is 30.3 Å². The number of halogens is 1. The number of nitrogens with zero attached hydrogens (tertiary/aromatic N) is 2. The third-order valence-electron chi connectivity index (χ3n) is 4.32. The van der Waals surface area contributed by atoms with E-state index in [9.17, 15) is 0 Å². The van der Waals surface area contributed by atoms with Crippen LogP contribution in [0.25, 0.3) is 11.5 Å². The molecule has 2 heterocycles. The molecule has 1 aliphatic rings. The Kier molecular flexibility index (Phi) is 10.3. The number of nitrogens with one attached hydrogen (secondary N) is 2. The quantitative estimate of drug-likeness (QED) is 0.238. The average Bonchev–Trinajstić information content (AvgIpc) is 3.39. The van der Waals surface area contributed by atoms with Crippen LogP contribution in [0.15, 0.2) is 46.0 Å². The number of hydrogen-bond acceptors (Lipinski definition) is 5. The highest BCUT2D eigenvalue weighted by Crippen LogP contribution is 2.17. The van der Waals surface area contributed by atoms with E-state index in [-0.39, 0.29) is 30.1 Å². The van der Waals surface area contributed by atoms with Gasteiger partial charge in [-0.2, -0.15) is 0 Å². The standard InChI is InChI=1S/C20H28N4O3.HI/c1-21-20(22-10-6-11-25-15-18-9-5-12-26-18)23-13-17-14-27-19(24-17)16-7-3-2-4-8-16;/h2-4,7-8,14,18H,5-6,9-13,15H2,1H3,(H2,21,22,23);1H. The van der Waals surface area contributed by atoms with Gasteiger partial charge in [0.05, 0.1) is 24.9 Å². The maximum atomic E-state index is 5.66. The molecular formula is C20H29IN4O3. The van der Waals surface area contributed by atoms with Gasteiger partial charge in [-0.1, -0.05) is 18.2 Å². The summed E-state index contributed by atoms with van der Waals surface area (Å²) in [6.45, 7) is 3.62. The molecule has 1 fully saturated rings. The third kappa shape index (κ3) is 7.40. The van der Waals surface area contributed by atoms with E-state index in [0.717, 1.165) is 49.6 Å². The Morgan fingerprint density at radius 2 is 2.14 bits per heavy atom. The van der Waals surface area contributed by atoms with Crippen molar-refractivity contribution in [2.45, 2.75) is 31.9 Å². The lowest BCUT2D eigenvalue weighted by Gasteiger charge is -2.12. The minimum absolute atomic E-state index is 0. The van der Waals surface area contributed by atoms with Gasteiger partial charge in [-0.25, -0.2) is 4.98 Å². The van der Waals surface area contributed by atoms with E-state index < -0.39 is 0 Å². The van der Waals surface area contributed by atoms with Crippen molar-refractivity contribution < 1.29 is 13.9 Å².